The Morgan fingerprint density at radius 3 is 2.71 bits per heavy atom. The van der Waals surface area contributed by atoms with Crippen molar-refractivity contribution in [3.8, 4) is 5.75 Å². The van der Waals surface area contributed by atoms with E-state index in [1.807, 2.05) is 6.07 Å². The summed E-state index contributed by atoms with van der Waals surface area (Å²) in [5.74, 6) is -1.06. The van der Waals surface area contributed by atoms with E-state index in [1.165, 1.54) is 12.5 Å². The number of hydrogen-bond acceptors (Lipinski definition) is 4. The largest absolute Gasteiger partial charge is 0.484 e. The maximum atomic E-state index is 11.7. The van der Waals surface area contributed by atoms with Gasteiger partial charge in [0.25, 0.3) is 5.91 Å². The summed E-state index contributed by atoms with van der Waals surface area (Å²) in [6.45, 7) is -0.239. The number of aromatic amines is 1. The Labute approximate surface area is 121 Å². The molecule has 0 aliphatic heterocycles. The maximum absolute atomic E-state index is 11.7. The first-order valence-corrected chi connectivity index (χ1v) is 6.32. The van der Waals surface area contributed by atoms with Gasteiger partial charge in [-0.05, 0) is 12.1 Å². The summed E-state index contributed by atoms with van der Waals surface area (Å²) in [6, 6.07) is 7.80. The van der Waals surface area contributed by atoms with Gasteiger partial charge in [0.1, 0.15) is 11.8 Å². The first-order chi connectivity index (χ1) is 10.1. The number of nitrogens with zero attached hydrogens (tertiary/aromatic N) is 1. The number of hydrogen-bond donors (Lipinski definition) is 3. The molecule has 1 aromatic carbocycles. The zero-order chi connectivity index (χ0) is 15.1. The number of nitrogens with one attached hydrogen (secondary N) is 2. The zero-order valence-electron chi connectivity index (χ0n) is 11.2. The predicted octanol–water partition coefficient (Wildman–Crippen LogP) is 0.601. The summed E-state index contributed by atoms with van der Waals surface area (Å²) in [4.78, 5) is 29.5. The molecule has 1 heterocycles. The van der Waals surface area contributed by atoms with Crippen LogP contribution in [0.1, 0.15) is 5.69 Å². The van der Waals surface area contributed by atoms with Gasteiger partial charge in [0.05, 0.1) is 6.33 Å². The van der Waals surface area contributed by atoms with Crippen LogP contribution in [0.5, 0.6) is 5.75 Å². The van der Waals surface area contributed by atoms with Crippen molar-refractivity contribution in [3.63, 3.8) is 0 Å². The Bertz CT molecular complexity index is 584. The molecule has 1 amide bonds. The molecule has 1 aromatic heterocycles. The predicted molar refractivity (Wildman–Crippen MR) is 73.8 cm³/mol. The van der Waals surface area contributed by atoms with Crippen LogP contribution in [-0.2, 0) is 16.0 Å². The zero-order valence-corrected chi connectivity index (χ0v) is 11.2. The van der Waals surface area contributed by atoms with Crippen LogP contribution in [0.2, 0.25) is 0 Å². The molecule has 2 aromatic rings. The lowest BCUT2D eigenvalue weighted by Gasteiger charge is -2.14. The number of aromatic nitrogens is 2. The van der Waals surface area contributed by atoms with Gasteiger partial charge in [0, 0.05) is 18.3 Å². The molecular formula is C14H15N3O4. The number of imidazole rings is 1. The molecule has 7 nitrogen and oxygen atoms in total. The molecule has 110 valence electrons. The SMILES string of the molecule is O=C(COc1ccccc1)NC(Cc1cnc[nH]1)C(=O)O. The van der Waals surface area contributed by atoms with E-state index < -0.39 is 17.9 Å². The van der Waals surface area contributed by atoms with E-state index in [4.69, 9.17) is 9.84 Å². The summed E-state index contributed by atoms with van der Waals surface area (Å²) >= 11 is 0. The molecule has 21 heavy (non-hydrogen) atoms. The fraction of sp³-hybridized carbons (Fsp3) is 0.214. The Morgan fingerprint density at radius 1 is 1.33 bits per heavy atom. The second-order valence-electron chi connectivity index (χ2n) is 4.34. The summed E-state index contributed by atoms with van der Waals surface area (Å²) < 4.78 is 5.26. The van der Waals surface area contributed by atoms with Crippen molar-refractivity contribution in [1.29, 1.82) is 0 Å². The normalized spacial score (nSPS) is 11.6. The number of carboxylic acid groups (broad SMARTS) is 1. The van der Waals surface area contributed by atoms with Gasteiger partial charge in [-0.25, -0.2) is 9.78 Å². The van der Waals surface area contributed by atoms with Crippen LogP contribution in [-0.4, -0.2) is 39.6 Å². The van der Waals surface area contributed by atoms with E-state index in [-0.39, 0.29) is 13.0 Å². The van der Waals surface area contributed by atoms with Gasteiger partial charge in [-0.1, -0.05) is 18.2 Å². The van der Waals surface area contributed by atoms with Crippen molar-refractivity contribution >= 4 is 11.9 Å². The van der Waals surface area contributed by atoms with Gasteiger partial charge >= 0.3 is 5.97 Å². The van der Waals surface area contributed by atoms with Gasteiger partial charge in [0.2, 0.25) is 0 Å². The Balaban J connectivity index is 1.85. The smallest absolute Gasteiger partial charge is 0.326 e. The van der Waals surface area contributed by atoms with Gasteiger partial charge in [-0.2, -0.15) is 0 Å². The summed E-state index contributed by atoms with van der Waals surface area (Å²) in [6.07, 6.45) is 3.10. The second-order valence-corrected chi connectivity index (χ2v) is 4.34. The first kappa shape index (κ1) is 14.6. The van der Waals surface area contributed by atoms with E-state index in [0.29, 0.717) is 11.4 Å². The third-order valence-electron chi connectivity index (χ3n) is 2.73. The molecule has 0 fully saturated rings. The van der Waals surface area contributed by atoms with E-state index in [0.717, 1.165) is 0 Å². The highest BCUT2D eigenvalue weighted by molar-refractivity contribution is 5.84. The molecule has 0 saturated carbocycles. The van der Waals surface area contributed by atoms with Crippen molar-refractivity contribution in [2.75, 3.05) is 6.61 Å². The highest BCUT2D eigenvalue weighted by Crippen LogP contribution is 2.07. The van der Waals surface area contributed by atoms with Crippen molar-refractivity contribution in [2.24, 2.45) is 0 Å². The molecule has 0 aliphatic carbocycles. The summed E-state index contributed by atoms with van der Waals surface area (Å²) in [5.41, 5.74) is 0.631. The van der Waals surface area contributed by atoms with Gasteiger partial charge < -0.3 is 20.1 Å². The number of H-pyrrole nitrogens is 1. The average Bonchev–Trinajstić information content (AvgIpc) is 2.98. The molecular weight excluding hydrogens is 274 g/mol. The quantitative estimate of drug-likeness (QED) is 0.692. The van der Waals surface area contributed by atoms with Crippen molar-refractivity contribution < 1.29 is 19.4 Å². The van der Waals surface area contributed by atoms with E-state index in [1.54, 1.807) is 24.3 Å². The standard InChI is InChI=1S/C14H15N3O4/c18-13(8-21-11-4-2-1-3-5-11)17-12(14(19)20)6-10-7-15-9-16-10/h1-5,7,9,12H,6,8H2,(H,15,16)(H,17,18)(H,19,20). The third-order valence-corrected chi connectivity index (χ3v) is 2.73. The fourth-order valence-electron chi connectivity index (χ4n) is 1.72. The van der Waals surface area contributed by atoms with Crippen LogP contribution >= 0.6 is 0 Å². The minimum Gasteiger partial charge on any atom is -0.484 e. The first-order valence-electron chi connectivity index (χ1n) is 6.32. The minimum atomic E-state index is -1.11. The molecule has 7 heteroatoms. The molecule has 0 bridgehead atoms. The number of carbonyl (C=O) groups is 2. The number of aliphatic carboxylic acids is 1. The van der Waals surface area contributed by atoms with Gasteiger partial charge in [-0.3, -0.25) is 4.79 Å². The molecule has 2 rings (SSSR count). The lowest BCUT2D eigenvalue weighted by Crippen LogP contribution is -2.44. The second kappa shape index (κ2) is 7.09. The van der Waals surface area contributed by atoms with Crippen LogP contribution in [0.25, 0.3) is 0 Å². The average molecular weight is 289 g/mol. The molecule has 3 N–H and O–H groups in total. The maximum Gasteiger partial charge on any atom is 0.326 e. The lowest BCUT2D eigenvalue weighted by atomic mass is 10.1. The van der Waals surface area contributed by atoms with Crippen molar-refractivity contribution in [1.82, 2.24) is 15.3 Å². The molecule has 1 unspecified atom stereocenters. The lowest BCUT2D eigenvalue weighted by molar-refractivity contribution is -0.142. The molecule has 0 aliphatic rings. The number of ether oxygens (including phenoxy) is 1. The highest BCUT2D eigenvalue weighted by Gasteiger charge is 2.21. The van der Waals surface area contributed by atoms with Crippen molar-refractivity contribution in [2.45, 2.75) is 12.5 Å². The Morgan fingerprint density at radius 2 is 2.10 bits per heavy atom. The van der Waals surface area contributed by atoms with E-state index in [9.17, 15) is 9.59 Å². The van der Waals surface area contributed by atoms with E-state index in [2.05, 4.69) is 15.3 Å². The molecule has 0 spiro atoms. The van der Waals surface area contributed by atoms with Gasteiger partial charge in [0.15, 0.2) is 6.61 Å². The van der Waals surface area contributed by atoms with Gasteiger partial charge in [-0.15, -0.1) is 0 Å². The highest BCUT2D eigenvalue weighted by atomic mass is 16.5. The van der Waals surface area contributed by atoms with E-state index >= 15 is 0 Å². The number of rotatable bonds is 7. The third kappa shape index (κ3) is 4.64. The van der Waals surface area contributed by atoms with Crippen LogP contribution in [0.4, 0.5) is 0 Å². The van der Waals surface area contributed by atoms with Crippen molar-refractivity contribution in [3.05, 3.63) is 48.5 Å². The fourth-order valence-corrected chi connectivity index (χ4v) is 1.72. The van der Waals surface area contributed by atoms with Crippen LogP contribution in [0.15, 0.2) is 42.9 Å². The summed E-state index contributed by atoms with van der Waals surface area (Å²) in [7, 11) is 0. The minimum absolute atomic E-state index is 0.131. The Kier molecular flexibility index (Phi) is 4.92. The monoisotopic (exact) mass is 289 g/mol. The number of benzene rings is 1. The topological polar surface area (TPSA) is 104 Å². The molecule has 1 atom stereocenters. The number of amides is 1. The molecule has 0 radical (unpaired) electrons. The number of carbonyl (C=O) groups excluding carboxylic acids is 1. The molecule has 0 saturated heterocycles. The van der Waals surface area contributed by atoms with Crippen LogP contribution in [0, 0.1) is 0 Å². The van der Waals surface area contributed by atoms with Crippen LogP contribution < -0.4 is 10.1 Å². The number of carboxylic acids is 1. The summed E-state index contributed by atoms with van der Waals surface area (Å²) in [5, 5.41) is 11.5. The van der Waals surface area contributed by atoms with Crippen LogP contribution in [0.3, 0.4) is 0 Å². The Hall–Kier alpha value is -2.83. The number of para-hydroxylation sites is 1.